The van der Waals surface area contributed by atoms with Gasteiger partial charge >= 0.3 is 0 Å². The minimum absolute atomic E-state index is 0.0188. The molecule has 10 aromatic carbocycles. The normalized spacial score (nSPS) is 19.1. The van der Waals surface area contributed by atoms with Crippen LogP contribution in [0.3, 0.4) is 0 Å². The van der Waals surface area contributed by atoms with Crippen LogP contribution in [0.15, 0.2) is 229 Å². The number of aliphatic imine (C=N–C) groups is 1. The fourth-order valence-electron chi connectivity index (χ4n) is 12.0. The van der Waals surface area contributed by atoms with Crippen molar-refractivity contribution in [3.8, 4) is 22.5 Å². The zero-order valence-corrected chi connectivity index (χ0v) is 36.4. The van der Waals surface area contributed by atoms with Gasteiger partial charge in [0, 0.05) is 44.4 Å². The van der Waals surface area contributed by atoms with E-state index in [0.717, 1.165) is 22.8 Å². The first-order chi connectivity index (χ1) is 32.7. The molecule has 66 heavy (non-hydrogen) atoms. The van der Waals surface area contributed by atoms with Crippen LogP contribution in [0.1, 0.15) is 29.7 Å². The van der Waals surface area contributed by atoms with Gasteiger partial charge in [0.25, 0.3) is 0 Å². The van der Waals surface area contributed by atoms with E-state index in [4.69, 9.17) is 4.99 Å². The van der Waals surface area contributed by atoms with Crippen molar-refractivity contribution in [3.05, 3.63) is 241 Å². The Morgan fingerprint density at radius 1 is 0.439 bits per heavy atom. The van der Waals surface area contributed by atoms with Crippen LogP contribution in [0.5, 0.6) is 0 Å². The van der Waals surface area contributed by atoms with Crippen molar-refractivity contribution in [2.24, 2.45) is 16.8 Å². The number of para-hydroxylation sites is 2. The van der Waals surface area contributed by atoms with E-state index < -0.39 is 0 Å². The van der Waals surface area contributed by atoms with E-state index in [1.54, 1.807) is 0 Å². The van der Waals surface area contributed by atoms with Gasteiger partial charge in [-0.25, -0.2) is 0 Å². The molecular formula is C62H44N4. The number of amidine groups is 1. The van der Waals surface area contributed by atoms with E-state index in [9.17, 15) is 0 Å². The summed E-state index contributed by atoms with van der Waals surface area (Å²) in [6, 6.07) is 82.5. The molecule has 0 saturated heterocycles. The van der Waals surface area contributed by atoms with Crippen molar-refractivity contribution in [2.45, 2.75) is 18.5 Å². The number of hydrogen-bond donors (Lipinski definition) is 1. The first-order valence-corrected chi connectivity index (χ1v) is 23.2. The number of hydrogen-bond acceptors (Lipinski definition) is 2. The average Bonchev–Trinajstić information content (AvgIpc) is 3.68. The molecule has 12 aromatic rings. The van der Waals surface area contributed by atoms with E-state index in [1.807, 2.05) is 0 Å². The Bertz CT molecular complexity index is 3920. The number of aromatic nitrogens is 2. The second-order valence-electron chi connectivity index (χ2n) is 18.4. The van der Waals surface area contributed by atoms with Gasteiger partial charge in [-0.05, 0) is 98.2 Å². The van der Waals surface area contributed by atoms with Crippen LogP contribution in [0.4, 0.5) is 0 Å². The van der Waals surface area contributed by atoms with Crippen molar-refractivity contribution in [3.63, 3.8) is 0 Å². The van der Waals surface area contributed by atoms with Crippen molar-refractivity contribution >= 4 is 71.0 Å². The van der Waals surface area contributed by atoms with Crippen molar-refractivity contribution in [2.75, 3.05) is 0 Å². The van der Waals surface area contributed by atoms with Gasteiger partial charge in [0.2, 0.25) is 0 Å². The highest BCUT2D eigenvalue weighted by atomic mass is 15.2. The number of rotatable bonds is 6. The van der Waals surface area contributed by atoms with Crippen molar-refractivity contribution < 1.29 is 0 Å². The average molecular weight is 845 g/mol. The number of nitrogens with one attached hydrogen (secondary N) is 1. The Morgan fingerprint density at radius 2 is 1.03 bits per heavy atom. The summed E-state index contributed by atoms with van der Waals surface area (Å²) >= 11 is 0. The molecule has 0 bridgehead atoms. The van der Waals surface area contributed by atoms with Gasteiger partial charge in [-0.15, -0.1) is 0 Å². The highest BCUT2D eigenvalue weighted by Crippen LogP contribution is 2.67. The molecule has 1 aliphatic heterocycles. The minimum atomic E-state index is -0.326. The SMILES string of the molecule is CC1C2C(c3cc(-n4c5ccccc5c5cc6c7c8ccccc8c(-c8ccccc8)cc7n(-c7ccccc7)c6cc54)cc4ccccc34)NC(c3ccccc3)=NC12c1ccccc1. The maximum atomic E-state index is 5.64. The van der Waals surface area contributed by atoms with Crippen LogP contribution in [0.2, 0.25) is 0 Å². The molecule has 4 nitrogen and oxygen atoms in total. The molecule has 4 heteroatoms. The van der Waals surface area contributed by atoms with Gasteiger partial charge in [-0.1, -0.05) is 183 Å². The highest BCUT2D eigenvalue weighted by Gasteiger charge is 2.68. The fourth-order valence-corrected chi connectivity index (χ4v) is 12.0. The molecule has 312 valence electrons. The van der Waals surface area contributed by atoms with E-state index in [0.29, 0.717) is 5.92 Å². The van der Waals surface area contributed by atoms with E-state index in [-0.39, 0.29) is 17.5 Å². The van der Waals surface area contributed by atoms with Crippen LogP contribution in [0, 0.1) is 11.8 Å². The molecule has 1 N–H and O–H groups in total. The minimum Gasteiger partial charge on any atom is -0.363 e. The lowest BCUT2D eigenvalue weighted by Crippen LogP contribution is -2.38. The standard InChI is InChI=1S/C62H44N4/c1-39-59-60(63-61(41-22-8-3-9-23-41)64-62(39,59)43-25-10-4-11-26-43)52-35-45(34-42-24-14-15-29-46(42)52)66-54-33-19-18-31-48(54)51-36-53-56(38-55(51)66)65(44-27-12-5-13-28-44)57-37-50(40-20-6-2-7-21-40)47-30-16-17-32-49(47)58(53)57/h2-39,59-60H,1H3,(H,63,64). The number of nitrogens with zero attached hydrogens (tertiary/aromatic N) is 3. The largest absolute Gasteiger partial charge is 0.363 e. The molecule has 1 fully saturated rings. The third-order valence-electron chi connectivity index (χ3n) is 15.0. The second kappa shape index (κ2) is 14.1. The molecule has 2 aliphatic rings. The summed E-state index contributed by atoms with van der Waals surface area (Å²) in [5.41, 5.74) is 12.9. The van der Waals surface area contributed by atoms with Crippen LogP contribution in [-0.4, -0.2) is 15.0 Å². The molecule has 0 spiro atoms. The molecule has 3 heterocycles. The van der Waals surface area contributed by atoms with E-state index >= 15 is 0 Å². The van der Waals surface area contributed by atoms with Gasteiger partial charge in [-0.2, -0.15) is 0 Å². The van der Waals surface area contributed by atoms with Gasteiger partial charge in [0.15, 0.2) is 0 Å². The monoisotopic (exact) mass is 844 g/mol. The topological polar surface area (TPSA) is 34.2 Å². The first-order valence-electron chi connectivity index (χ1n) is 23.2. The zero-order valence-electron chi connectivity index (χ0n) is 36.4. The fraction of sp³-hybridized carbons (Fsp3) is 0.0806. The molecule has 1 saturated carbocycles. The van der Waals surface area contributed by atoms with Crippen LogP contribution in [-0.2, 0) is 5.54 Å². The van der Waals surface area contributed by atoms with Gasteiger partial charge < -0.3 is 14.5 Å². The quantitative estimate of drug-likeness (QED) is 0.178. The molecule has 2 aromatic heterocycles. The van der Waals surface area contributed by atoms with Crippen LogP contribution >= 0.6 is 0 Å². The Kier molecular flexibility index (Phi) is 7.97. The molecule has 14 rings (SSSR count). The lowest BCUT2D eigenvalue weighted by atomic mass is 9.89. The summed E-state index contributed by atoms with van der Waals surface area (Å²) in [4.78, 5) is 5.64. The van der Waals surface area contributed by atoms with Crippen LogP contribution < -0.4 is 5.32 Å². The maximum absolute atomic E-state index is 5.64. The van der Waals surface area contributed by atoms with Gasteiger partial charge in [0.1, 0.15) is 5.84 Å². The number of fused-ring (bicyclic) bond motifs is 10. The third kappa shape index (κ3) is 5.30. The molecule has 0 radical (unpaired) electrons. The first kappa shape index (κ1) is 37.2. The van der Waals surface area contributed by atoms with E-state index in [2.05, 4.69) is 246 Å². The Labute approximate surface area is 382 Å². The summed E-state index contributed by atoms with van der Waals surface area (Å²) < 4.78 is 5.02. The van der Waals surface area contributed by atoms with Gasteiger partial charge in [0.05, 0.1) is 33.6 Å². The number of benzene rings is 10. The third-order valence-corrected chi connectivity index (χ3v) is 15.0. The second-order valence-corrected chi connectivity index (χ2v) is 18.4. The molecule has 4 unspecified atom stereocenters. The summed E-state index contributed by atoms with van der Waals surface area (Å²) in [5.74, 6) is 1.55. The predicted octanol–water partition coefficient (Wildman–Crippen LogP) is 15.1. The maximum Gasteiger partial charge on any atom is 0.129 e. The van der Waals surface area contributed by atoms with Crippen molar-refractivity contribution in [1.29, 1.82) is 0 Å². The van der Waals surface area contributed by atoms with Crippen LogP contribution in [0.25, 0.3) is 87.7 Å². The Balaban J connectivity index is 1.05. The summed E-state index contributed by atoms with van der Waals surface area (Å²) in [7, 11) is 0. The lowest BCUT2D eigenvalue weighted by molar-refractivity contribution is 0.473. The van der Waals surface area contributed by atoms with Gasteiger partial charge in [-0.3, -0.25) is 4.99 Å². The smallest absolute Gasteiger partial charge is 0.129 e. The molecule has 4 atom stereocenters. The van der Waals surface area contributed by atoms with E-state index in [1.165, 1.54) is 87.4 Å². The summed E-state index contributed by atoms with van der Waals surface area (Å²) in [5, 5.41) is 14.1. The Morgan fingerprint density at radius 3 is 1.79 bits per heavy atom. The predicted molar refractivity (Wildman–Crippen MR) is 275 cm³/mol. The molecule has 1 aliphatic carbocycles. The molecule has 0 amide bonds. The summed E-state index contributed by atoms with van der Waals surface area (Å²) in [6.45, 7) is 2.39. The zero-order chi connectivity index (χ0) is 43.5. The highest BCUT2D eigenvalue weighted by molar-refractivity contribution is 6.27. The summed E-state index contributed by atoms with van der Waals surface area (Å²) in [6.07, 6.45) is 0. The van der Waals surface area contributed by atoms with Crippen molar-refractivity contribution in [1.82, 2.24) is 14.5 Å². The lowest BCUT2D eigenvalue weighted by Gasteiger charge is -2.31. The molecular weight excluding hydrogens is 801 g/mol. The Hall–Kier alpha value is -8.21.